The highest BCUT2D eigenvalue weighted by Crippen LogP contribution is 2.26. The summed E-state index contributed by atoms with van der Waals surface area (Å²) in [4.78, 5) is 0. The van der Waals surface area contributed by atoms with Crippen molar-refractivity contribution in [3.05, 3.63) is 28.9 Å². The van der Waals surface area contributed by atoms with E-state index in [1.807, 2.05) is 35.6 Å². The lowest BCUT2D eigenvalue weighted by atomic mass is 10.1. The van der Waals surface area contributed by atoms with Crippen molar-refractivity contribution in [1.29, 1.82) is 0 Å². The lowest BCUT2D eigenvalue weighted by Crippen LogP contribution is -2.33. The molecule has 2 aromatic rings. The average molecular weight is 296 g/mol. The first-order chi connectivity index (χ1) is 9.25. The molecule has 1 aromatic carbocycles. The predicted molar refractivity (Wildman–Crippen MR) is 82.9 cm³/mol. The van der Waals surface area contributed by atoms with Crippen LogP contribution in [0.4, 0.5) is 0 Å². The highest BCUT2D eigenvalue weighted by molar-refractivity contribution is 7.99. The van der Waals surface area contributed by atoms with Crippen molar-refractivity contribution >= 4 is 34.3 Å². The van der Waals surface area contributed by atoms with E-state index in [4.69, 9.17) is 11.6 Å². The molecule has 19 heavy (non-hydrogen) atoms. The highest BCUT2D eigenvalue weighted by Gasteiger charge is 2.16. The second-order valence-corrected chi connectivity index (χ2v) is 6.56. The van der Waals surface area contributed by atoms with Gasteiger partial charge in [-0.15, -0.1) is 0 Å². The van der Waals surface area contributed by atoms with Gasteiger partial charge in [0.2, 0.25) is 0 Å². The van der Waals surface area contributed by atoms with Gasteiger partial charge in [-0.25, -0.2) is 0 Å². The first-order valence-electron chi connectivity index (χ1n) is 6.67. The molecule has 3 rings (SSSR count). The van der Waals surface area contributed by atoms with Gasteiger partial charge in [0.1, 0.15) is 0 Å². The lowest BCUT2D eigenvalue weighted by Gasteiger charge is -2.22. The second kappa shape index (κ2) is 5.73. The molecule has 0 unspecified atom stereocenters. The molecule has 1 aromatic heterocycles. The summed E-state index contributed by atoms with van der Waals surface area (Å²) in [7, 11) is 1.97. The third-order valence-corrected chi connectivity index (χ3v) is 5.15. The van der Waals surface area contributed by atoms with Gasteiger partial charge in [0.05, 0.1) is 16.2 Å². The number of thioether (sulfide) groups is 1. The number of halogens is 1. The van der Waals surface area contributed by atoms with Gasteiger partial charge in [0, 0.05) is 30.8 Å². The Morgan fingerprint density at radius 1 is 1.53 bits per heavy atom. The van der Waals surface area contributed by atoms with Gasteiger partial charge in [-0.1, -0.05) is 17.7 Å². The minimum absolute atomic E-state index is 0.610. The zero-order chi connectivity index (χ0) is 13.2. The topological polar surface area (TPSA) is 29.9 Å². The van der Waals surface area contributed by atoms with E-state index in [0.717, 1.165) is 28.2 Å². The summed E-state index contributed by atoms with van der Waals surface area (Å²) < 4.78 is 1.91. The van der Waals surface area contributed by atoms with E-state index in [0.29, 0.717) is 6.04 Å². The SMILES string of the molecule is Cn1nc(CN[C@@H]2CCCSC2)c2c(Cl)cccc21. The van der Waals surface area contributed by atoms with Crippen LogP contribution in [0, 0.1) is 0 Å². The Balaban J connectivity index is 1.80. The second-order valence-electron chi connectivity index (χ2n) is 5.00. The molecule has 1 atom stereocenters. The van der Waals surface area contributed by atoms with E-state index < -0.39 is 0 Å². The van der Waals surface area contributed by atoms with E-state index in [1.165, 1.54) is 24.3 Å². The highest BCUT2D eigenvalue weighted by atomic mass is 35.5. The maximum absolute atomic E-state index is 6.31. The van der Waals surface area contributed by atoms with Crippen molar-refractivity contribution in [2.45, 2.75) is 25.4 Å². The molecular weight excluding hydrogens is 278 g/mol. The van der Waals surface area contributed by atoms with Crippen LogP contribution in [0.5, 0.6) is 0 Å². The smallest absolute Gasteiger partial charge is 0.0856 e. The van der Waals surface area contributed by atoms with Crippen molar-refractivity contribution in [3.63, 3.8) is 0 Å². The molecule has 0 saturated carbocycles. The zero-order valence-corrected chi connectivity index (χ0v) is 12.6. The molecule has 1 saturated heterocycles. The van der Waals surface area contributed by atoms with E-state index in [-0.39, 0.29) is 0 Å². The summed E-state index contributed by atoms with van der Waals surface area (Å²) in [6.45, 7) is 0.798. The molecule has 102 valence electrons. The van der Waals surface area contributed by atoms with E-state index >= 15 is 0 Å². The first-order valence-corrected chi connectivity index (χ1v) is 8.20. The number of rotatable bonds is 3. The summed E-state index contributed by atoms with van der Waals surface area (Å²) in [6, 6.07) is 6.58. The van der Waals surface area contributed by atoms with Gasteiger partial charge >= 0.3 is 0 Å². The number of aromatic nitrogens is 2. The van der Waals surface area contributed by atoms with E-state index in [9.17, 15) is 0 Å². The zero-order valence-electron chi connectivity index (χ0n) is 11.0. The molecule has 5 heteroatoms. The number of hydrogen-bond donors (Lipinski definition) is 1. The molecule has 1 aliphatic heterocycles. The molecule has 2 heterocycles. The van der Waals surface area contributed by atoms with Gasteiger partial charge in [-0.2, -0.15) is 16.9 Å². The Bertz CT molecular complexity index is 575. The van der Waals surface area contributed by atoms with Gasteiger partial charge in [0.25, 0.3) is 0 Å². The van der Waals surface area contributed by atoms with Crippen LogP contribution < -0.4 is 5.32 Å². The third-order valence-electron chi connectivity index (χ3n) is 3.62. The predicted octanol–water partition coefficient (Wildman–Crippen LogP) is 3.21. The van der Waals surface area contributed by atoms with Gasteiger partial charge in [-0.3, -0.25) is 4.68 Å². The largest absolute Gasteiger partial charge is 0.307 e. The van der Waals surface area contributed by atoms with Crippen LogP contribution in [-0.2, 0) is 13.6 Å². The number of hydrogen-bond acceptors (Lipinski definition) is 3. The molecule has 0 aliphatic carbocycles. The van der Waals surface area contributed by atoms with Gasteiger partial charge in [0.15, 0.2) is 0 Å². The Morgan fingerprint density at radius 2 is 2.42 bits per heavy atom. The Morgan fingerprint density at radius 3 is 3.21 bits per heavy atom. The quantitative estimate of drug-likeness (QED) is 0.943. The van der Waals surface area contributed by atoms with Crippen LogP contribution in [0.3, 0.4) is 0 Å². The molecule has 1 aliphatic rings. The summed E-state index contributed by atoms with van der Waals surface area (Å²) in [5.41, 5.74) is 2.15. The molecule has 1 N–H and O–H groups in total. The van der Waals surface area contributed by atoms with Crippen LogP contribution in [0.25, 0.3) is 10.9 Å². The Hall–Kier alpha value is -0.710. The van der Waals surface area contributed by atoms with Crippen LogP contribution >= 0.6 is 23.4 Å². The average Bonchev–Trinajstić information content (AvgIpc) is 2.76. The molecule has 3 nitrogen and oxygen atoms in total. The van der Waals surface area contributed by atoms with Crippen molar-refractivity contribution in [3.8, 4) is 0 Å². The summed E-state index contributed by atoms with van der Waals surface area (Å²) >= 11 is 8.35. The Labute approximate surface area is 122 Å². The van der Waals surface area contributed by atoms with Crippen LogP contribution in [0.15, 0.2) is 18.2 Å². The van der Waals surface area contributed by atoms with E-state index in [2.05, 4.69) is 16.5 Å². The minimum atomic E-state index is 0.610. The fraction of sp³-hybridized carbons (Fsp3) is 0.500. The number of benzene rings is 1. The fourth-order valence-electron chi connectivity index (χ4n) is 2.62. The normalized spacial score (nSPS) is 20.0. The number of aryl methyl sites for hydroxylation is 1. The maximum atomic E-state index is 6.31. The van der Waals surface area contributed by atoms with Crippen LogP contribution in [0.2, 0.25) is 5.02 Å². The van der Waals surface area contributed by atoms with Gasteiger partial charge < -0.3 is 5.32 Å². The molecule has 0 spiro atoms. The van der Waals surface area contributed by atoms with Crippen molar-refractivity contribution in [1.82, 2.24) is 15.1 Å². The first kappa shape index (κ1) is 13.3. The summed E-state index contributed by atoms with van der Waals surface area (Å²) in [5, 5.41) is 10.1. The molecule has 0 amide bonds. The standard InChI is InChI=1S/C14H18ClN3S/c1-18-13-6-2-5-11(15)14(13)12(17-18)8-16-10-4-3-7-19-9-10/h2,5-6,10,16H,3-4,7-9H2,1H3/t10-/m1/s1. The molecule has 0 radical (unpaired) electrons. The van der Waals surface area contributed by atoms with Crippen molar-refractivity contribution < 1.29 is 0 Å². The van der Waals surface area contributed by atoms with Gasteiger partial charge in [-0.05, 0) is 30.7 Å². The lowest BCUT2D eigenvalue weighted by molar-refractivity contribution is 0.502. The fourth-order valence-corrected chi connectivity index (χ4v) is 4.00. The summed E-state index contributed by atoms with van der Waals surface area (Å²) in [5.74, 6) is 2.51. The molecule has 0 bridgehead atoms. The van der Waals surface area contributed by atoms with E-state index in [1.54, 1.807) is 0 Å². The monoisotopic (exact) mass is 295 g/mol. The summed E-state index contributed by atoms with van der Waals surface area (Å²) in [6.07, 6.45) is 2.58. The molecule has 1 fully saturated rings. The Kier molecular flexibility index (Phi) is 4.01. The van der Waals surface area contributed by atoms with Crippen LogP contribution in [0.1, 0.15) is 18.5 Å². The number of fused-ring (bicyclic) bond motifs is 1. The van der Waals surface area contributed by atoms with Crippen molar-refractivity contribution in [2.24, 2.45) is 7.05 Å². The van der Waals surface area contributed by atoms with Crippen molar-refractivity contribution in [2.75, 3.05) is 11.5 Å². The molecular formula is C14H18ClN3S. The number of nitrogens with zero attached hydrogens (tertiary/aromatic N) is 2. The number of nitrogens with one attached hydrogen (secondary N) is 1. The minimum Gasteiger partial charge on any atom is -0.307 e. The maximum Gasteiger partial charge on any atom is 0.0856 e. The third kappa shape index (κ3) is 2.76. The van der Waals surface area contributed by atoms with Crippen LogP contribution in [-0.4, -0.2) is 27.3 Å².